The molecule has 1 aromatic carbocycles. The predicted molar refractivity (Wildman–Crippen MR) is 80.5 cm³/mol. The van der Waals surface area contributed by atoms with Crippen LogP contribution in [0.15, 0.2) is 29.2 Å². The summed E-state index contributed by atoms with van der Waals surface area (Å²) in [6.45, 7) is 1.99. The first-order chi connectivity index (χ1) is 11.1. The zero-order valence-electron chi connectivity index (χ0n) is 12.9. The minimum atomic E-state index is -4.71. The molecule has 0 spiro atoms. The zero-order chi connectivity index (χ0) is 18.1. The molecule has 24 heavy (non-hydrogen) atoms. The molecule has 132 valence electrons. The van der Waals surface area contributed by atoms with E-state index in [4.69, 9.17) is 0 Å². The molecule has 1 aromatic rings. The molecule has 2 rings (SSSR count). The maximum atomic E-state index is 12.5. The molecular formula is C15H17F2NO5S. The summed E-state index contributed by atoms with van der Waals surface area (Å²) < 4.78 is 47.7. The number of sulfone groups is 1. The van der Waals surface area contributed by atoms with Gasteiger partial charge in [0.1, 0.15) is 0 Å². The molecule has 1 heterocycles. The van der Waals surface area contributed by atoms with Gasteiger partial charge in [-0.25, -0.2) is 8.42 Å². The van der Waals surface area contributed by atoms with Crippen LogP contribution in [0.25, 0.3) is 0 Å². The summed E-state index contributed by atoms with van der Waals surface area (Å²) in [6, 6.07) is 4.22. The quantitative estimate of drug-likeness (QED) is 0.886. The number of carbonyl (C=O) groups excluding carboxylic acids is 1. The van der Waals surface area contributed by atoms with Gasteiger partial charge in [0.05, 0.1) is 10.3 Å². The standard InChI is InChI=1S/C15H17F2NO5S/c1-15(13(20)21)7-2-8-18(9-15)12(19)10-3-5-11(6-4-10)24(22,23)14(16)17/h3-6,14H,2,7-9H2,1H3,(H,20,21). The van der Waals surface area contributed by atoms with Crippen LogP contribution in [0.1, 0.15) is 30.1 Å². The Kier molecular flexibility index (Phi) is 4.93. The average Bonchev–Trinajstić information content (AvgIpc) is 2.54. The molecule has 0 aromatic heterocycles. The van der Waals surface area contributed by atoms with Gasteiger partial charge in [-0.1, -0.05) is 0 Å². The van der Waals surface area contributed by atoms with E-state index >= 15 is 0 Å². The van der Waals surface area contributed by atoms with Crippen molar-refractivity contribution in [1.82, 2.24) is 4.90 Å². The van der Waals surface area contributed by atoms with Crippen molar-refractivity contribution in [3.63, 3.8) is 0 Å². The van der Waals surface area contributed by atoms with Gasteiger partial charge >= 0.3 is 11.7 Å². The van der Waals surface area contributed by atoms with Crippen LogP contribution >= 0.6 is 0 Å². The largest absolute Gasteiger partial charge is 0.481 e. The highest BCUT2D eigenvalue weighted by atomic mass is 32.2. The number of carboxylic acid groups (broad SMARTS) is 1. The molecule has 1 amide bonds. The highest BCUT2D eigenvalue weighted by molar-refractivity contribution is 7.91. The summed E-state index contributed by atoms with van der Waals surface area (Å²) >= 11 is 0. The van der Waals surface area contributed by atoms with Crippen molar-refractivity contribution in [3.8, 4) is 0 Å². The second-order valence-electron chi connectivity index (χ2n) is 6.03. The molecule has 1 unspecified atom stereocenters. The molecule has 1 aliphatic rings. The summed E-state index contributed by atoms with van der Waals surface area (Å²) in [5, 5.41) is 9.27. The molecule has 1 atom stereocenters. The van der Waals surface area contributed by atoms with Crippen LogP contribution in [0.4, 0.5) is 8.78 Å². The third-order valence-electron chi connectivity index (χ3n) is 4.16. The van der Waals surface area contributed by atoms with Gasteiger partial charge in [0.2, 0.25) is 9.84 Å². The summed E-state index contributed by atoms with van der Waals surface area (Å²) in [7, 11) is -4.71. The number of rotatable bonds is 4. The van der Waals surface area contributed by atoms with E-state index in [1.165, 1.54) is 4.90 Å². The summed E-state index contributed by atoms with van der Waals surface area (Å²) in [5.41, 5.74) is -0.912. The van der Waals surface area contributed by atoms with Gasteiger partial charge in [0, 0.05) is 18.7 Å². The molecule has 9 heteroatoms. The first-order valence-electron chi connectivity index (χ1n) is 7.23. The van der Waals surface area contributed by atoms with Gasteiger partial charge in [0.25, 0.3) is 5.91 Å². The Hall–Kier alpha value is -2.03. The summed E-state index contributed by atoms with van der Waals surface area (Å²) in [6.07, 6.45) is 0.990. The Morgan fingerprint density at radius 3 is 2.33 bits per heavy atom. The lowest BCUT2D eigenvalue weighted by Gasteiger charge is -2.37. The van der Waals surface area contributed by atoms with Crippen molar-refractivity contribution in [2.24, 2.45) is 5.41 Å². The van der Waals surface area contributed by atoms with E-state index in [1.54, 1.807) is 6.92 Å². The van der Waals surface area contributed by atoms with Crippen LogP contribution < -0.4 is 0 Å². The van der Waals surface area contributed by atoms with Crippen LogP contribution in [0.3, 0.4) is 0 Å². The van der Waals surface area contributed by atoms with Crippen molar-refractivity contribution in [1.29, 1.82) is 0 Å². The highest BCUT2D eigenvalue weighted by Crippen LogP contribution is 2.30. The maximum Gasteiger partial charge on any atom is 0.341 e. The van der Waals surface area contributed by atoms with E-state index in [2.05, 4.69) is 0 Å². The average molecular weight is 361 g/mol. The fourth-order valence-corrected chi connectivity index (χ4v) is 3.38. The Morgan fingerprint density at radius 1 is 1.25 bits per heavy atom. The molecule has 0 radical (unpaired) electrons. The van der Waals surface area contributed by atoms with Crippen molar-refractivity contribution in [3.05, 3.63) is 29.8 Å². The van der Waals surface area contributed by atoms with E-state index in [9.17, 15) is 31.9 Å². The van der Waals surface area contributed by atoms with Crippen molar-refractivity contribution < 1.29 is 31.9 Å². The van der Waals surface area contributed by atoms with Crippen LogP contribution in [0.2, 0.25) is 0 Å². The first-order valence-corrected chi connectivity index (χ1v) is 8.77. The van der Waals surface area contributed by atoms with Crippen molar-refractivity contribution in [2.45, 2.75) is 30.4 Å². The maximum absolute atomic E-state index is 12.5. The lowest BCUT2D eigenvalue weighted by molar-refractivity contribution is -0.150. The molecule has 6 nitrogen and oxygen atoms in total. The van der Waals surface area contributed by atoms with E-state index < -0.39 is 37.8 Å². The number of amides is 1. The molecule has 1 aliphatic heterocycles. The second kappa shape index (κ2) is 6.46. The molecule has 1 saturated heterocycles. The number of hydrogen-bond donors (Lipinski definition) is 1. The Labute approximate surface area is 138 Å². The Bertz CT molecular complexity index is 748. The number of carboxylic acids is 1. The monoisotopic (exact) mass is 361 g/mol. The van der Waals surface area contributed by atoms with Gasteiger partial charge in [-0.2, -0.15) is 8.78 Å². The minimum absolute atomic E-state index is 0.0399. The van der Waals surface area contributed by atoms with Crippen LogP contribution in [-0.4, -0.2) is 49.1 Å². The van der Waals surface area contributed by atoms with Gasteiger partial charge in [0.15, 0.2) is 0 Å². The fourth-order valence-electron chi connectivity index (χ4n) is 2.66. The first kappa shape index (κ1) is 18.3. The number of halogens is 2. The highest BCUT2D eigenvalue weighted by Gasteiger charge is 2.39. The Balaban J connectivity index is 2.20. The van der Waals surface area contributed by atoms with Gasteiger partial charge in [-0.05, 0) is 44.0 Å². The zero-order valence-corrected chi connectivity index (χ0v) is 13.7. The van der Waals surface area contributed by atoms with Gasteiger partial charge in [-0.3, -0.25) is 9.59 Å². The van der Waals surface area contributed by atoms with E-state index in [0.29, 0.717) is 19.4 Å². The SMILES string of the molecule is CC1(C(=O)O)CCCN(C(=O)c2ccc(S(=O)(=O)C(F)F)cc2)C1. The molecular weight excluding hydrogens is 344 g/mol. The molecule has 0 aliphatic carbocycles. The van der Waals surface area contributed by atoms with E-state index in [1.807, 2.05) is 0 Å². The smallest absolute Gasteiger partial charge is 0.341 e. The molecule has 1 fully saturated rings. The molecule has 0 bridgehead atoms. The summed E-state index contributed by atoms with van der Waals surface area (Å²) in [5.74, 6) is -4.97. The van der Waals surface area contributed by atoms with Crippen molar-refractivity contribution in [2.75, 3.05) is 13.1 Å². The lowest BCUT2D eigenvalue weighted by atomic mass is 9.82. The van der Waals surface area contributed by atoms with E-state index in [0.717, 1.165) is 24.3 Å². The van der Waals surface area contributed by atoms with Crippen LogP contribution in [0, 0.1) is 5.41 Å². The number of aliphatic carboxylic acids is 1. The molecule has 1 N–H and O–H groups in total. The molecule has 0 saturated carbocycles. The number of hydrogen-bond acceptors (Lipinski definition) is 4. The van der Waals surface area contributed by atoms with Crippen LogP contribution in [0.5, 0.6) is 0 Å². The Morgan fingerprint density at radius 2 is 1.83 bits per heavy atom. The number of likely N-dealkylation sites (tertiary alicyclic amines) is 1. The number of nitrogens with zero attached hydrogens (tertiary/aromatic N) is 1. The van der Waals surface area contributed by atoms with Gasteiger partial charge < -0.3 is 10.0 Å². The number of benzene rings is 1. The van der Waals surface area contributed by atoms with Gasteiger partial charge in [-0.15, -0.1) is 0 Å². The minimum Gasteiger partial charge on any atom is -0.481 e. The number of alkyl halides is 2. The fraction of sp³-hybridized carbons (Fsp3) is 0.467. The third-order valence-corrected chi connectivity index (χ3v) is 5.56. The predicted octanol–water partition coefficient (Wildman–Crippen LogP) is 2.01. The summed E-state index contributed by atoms with van der Waals surface area (Å²) in [4.78, 5) is 24.6. The normalized spacial score (nSPS) is 21.8. The lowest BCUT2D eigenvalue weighted by Crippen LogP contribution is -2.48. The number of carbonyl (C=O) groups is 2. The van der Waals surface area contributed by atoms with Crippen molar-refractivity contribution >= 4 is 21.7 Å². The topological polar surface area (TPSA) is 91.8 Å². The second-order valence-corrected chi connectivity index (χ2v) is 7.94. The number of piperidine rings is 1. The van der Waals surface area contributed by atoms with E-state index in [-0.39, 0.29) is 12.1 Å². The third kappa shape index (κ3) is 3.40. The van der Waals surface area contributed by atoms with Crippen LogP contribution in [-0.2, 0) is 14.6 Å².